The van der Waals surface area contributed by atoms with E-state index in [-0.39, 0.29) is 11.9 Å². The third-order valence-electron chi connectivity index (χ3n) is 3.21. The topological polar surface area (TPSA) is 114 Å². The van der Waals surface area contributed by atoms with Crippen molar-refractivity contribution in [1.29, 1.82) is 0 Å². The SMILES string of the molecule is CC(NC(=O)c1csc(CCN)n1)c1ccccc1NS(C)(=O)=O. The smallest absolute Gasteiger partial charge is 0.271 e. The molecule has 0 saturated heterocycles. The van der Waals surface area contributed by atoms with Crippen molar-refractivity contribution >= 4 is 33.0 Å². The van der Waals surface area contributed by atoms with Crippen LogP contribution < -0.4 is 15.8 Å². The zero-order valence-electron chi connectivity index (χ0n) is 13.4. The van der Waals surface area contributed by atoms with Crippen LogP contribution in [0.1, 0.15) is 34.0 Å². The highest BCUT2D eigenvalue weighted by Crippen LogP contribution is 2.23. The van der Waals surface area contributed by atoms with Crippen LogP contribution in [0.3, 0.4) is 0 Å². The zero-order chi connectivity index (χ0) is 17.7. The minimum absolute atomic E-state index is 0.309. The van der Waals surface area contributed by atoms with Gasteiger partial charge in [-0.1, -0.05) is 18.2 Å². The van der Waals surface area contributed by atoms with E-state index in [0.717, 1.165) is 11.3 Å². The summed E-state index contributed by atoms with van der Waals surface area (Å²) in [6.45, 7) is 2.27. The maximum Gasteiger partial charge on any atom is 0.271 e. The molecule has 4 N–H and O–H groups in total. The number of para-hydroxylation sites is 1. The van der Waals surface area contributed by atoms with Crippen molar-refractivity contribution in [3.8, 4) is 0 Å². The fourth-order valence-corrected chi connectivity index (χ4v) is 3.55. The van der Waals surface area contributed by atoms with E-state index >= 15 is 0 Å². The second-order valence-corrected chi connectivity index (χ2v) is 8.01. The van der Waals surface area contributed by atoms with Gasteiger partial charge in [0.1, 0.15) is 5.69 Å². The molecule has 2 rings (SSSR count). The van der Waals surface area contributed by atoms with Gasteiger partial charge in [0.15, 0.2) is 0 Å². The van der Waals surface area contributed by atoms with Gasteiger partial charge in [0.25, 0.3) is 5.91 Å². The number of sulfonamides is 1. The monoisotopic (exact) mass is 368 g/mol. The standard InChI is InChI=1S/C15H20N4O3S2/c1-10(11-5-3-4-6-12(11)19-24(2,21)22)17-15(20)13-9-23-14(18-13)7-8-16/h3-6,9-10,19H,7-8,16H2,1-2H3,(H,17,20). The molecular formula is C15H20N4O3S2. The maximum atomic E-state index is 12.3. The van der Waals surface area contributed by atoms with Gasteiger partial charge in [-0.25, -0.2) is 13.4 Å². The molecule has 1 aromatic heterocycles. The largest absolute Gasteiger partial charge is 0.344 e. The average molecular weight is 368 g/mol. The van der Waals surface area contributed by atoms with Crippen LogP contribution in [0.5, 0.6) is 0 Å². The van der Waals surface area contributed by atoms with Gasteiger partial charge in [0.2, 0.25) is 10.0 Å². The van der Waals surface area contributed by atoms with Crippen LogP contribution in [-0.2, 0) is 16.4 Å². The Bertz CT molecular complexity index is 818. The molecule has 0 spiro atoms. The predicted octanol–water partition coefficient (Wildman–Crippen LogP) is 1.51. The molecule has 130 valence electrons. The third-order valence-corrected chi connectivity index (χ3v) is 4.71. The predicted molar refractivity (Wildman–Crippen MR) is 95.7 cm³/mol. The lowest BCUT2D eigenvalue weighted by molar-refractivity contribution is 0.0935. The van der Waals surface area contributed by atoms with E-state index in [9.17, 15) is 13.2 Å². The second-order valence-electron chi connectivity index (χ2n) is 5.32. The van der Waals surface area contributed by atoms with Crippen LogP contribution >= 0.6 is 11.3 Å². The number of aromatic nitrogens is 1. The van der Waals surface area contributed by atoms with Gasteiger partial charge in [0, 0.05) is 11.8 Å². The van der Waals surface area contributed by atoms with Crippen molar-refractivity contribution in [1.82, 2.24) is 10.3 Å². The summed E-state index contributed by atoms with van der Waals surface area (Å²) >= 11 is 1.39. The van der Waals surface area contributed by atoms with Crippen molar-refractivity contribution in [3.05, 3.63) is 45.9 Å². The van der Waals surface area contributed by atoms with E-state index < -0.39 is 10.0 Å². The summed E-state index contributed by atoms with van der Waals surface area (Å²) in [5.41, 5.74) is 6.93. The molecule has 0 fully saturated rings. The number of thiazole rings is 1. The van der Waals surface area contributed by atoms with E-state index in [1.807, 2.05) is 0 Å². The van der Waals surface area contributed by atoms with Crippen molar-refractivity contribution in [2.24, 2.45) is 5.73 Å². The normalized spacial score (nSPS) is 12.6. The number of carbonyl (C=O) groups excluding carboxylic acids is 1. The fraction of sp³-hybridized carbons (Fsp3) is 0.333. The lowest BCUT2D eigenvalue weighted by Crippen LogP contribution is -2.28. The van der Waals surface area contributed by atoms with Crippen LogP contribution in [0.15, 0.2) is 29.6 Å². The Morgan fingerprint density at radius 3 is 2.75 bits per heavy atom. The summed E-state index contributed by atoms with van der Waals surface area (Å²) in [7, 11) is -3.40. The summed E-state index contributed by atoms with van der Waals surface area (Å²) in [6, 6.07) is 6.54. The molecule has 1 amide bonds. The Hall–Kier alpha value is -1.97. The Kier molecular flexibility index (Phi) is 5.92. The number of amides is 1. The van der Waals surface area contributed by atoms with Crippen molar-refractivity contribution in [3.63, 3.8) is 0 Å². The van der Waals surface area contributed by atoms with Crippen molar-refractivity contribution in [2.75, 3.05) is 17.5 Å². The van der Waals surface area contributed by atoms with Gasteiger partial charge in [0.05, 0.1) is 23.0 Å². The molecule has 7 nitrogen and oxygen atoms in total. The molecule has 0 saturated carbocycles. The zero-order valence-corrected chi connectivity index (χ0v) is 15.1. The van der Waals surface area contributed by atoms with Gasteiger partial charge in [-0.3, -0.25) is 9.52 Å². The molecule has 0 bridgehead atoms. The lowest BCUT2D eigenvalue weighted by Gasteiger charge is -2.18. The molecule has 2 aromatic rings. The first-order valence-electron chi connectivity index (χ1n) is 7.32. The molecule has 0 aliphatic carbocycles. The molecule has 24 heavy (non-hydrogen) atoms. The number of rotatable bonds is 7. The van der Waals surface area contributed by atoms with Crippen LogP contribution in [0, 0.1) is 0 Å². The van der Waals surface area contributed by atoms with E-state index in [1.54, 1.807) is 36.6 Å². The first-order chi connectivity index (χ1) is 11.3. The molecule has 0 radical (unpaired) electrons. The summed E-state index contributed by atoms with van der Waals surface area (Å²) in [4.78, 5) is 16.5. The maximum absolute atomic E-state index is 12.3. The van der Waals surface area contributed by atoms with Crippen LogP contribution in [-0.4, -0.2) is 32.1 Å². The summed E-state index contributed by atoms with van der Waals surface area (Å²) in [5.74, 6) is -0.309. The number of hydrogen-bond acceptors (Lipinski definition) is 6. The number of nitrogens with zero attached hydrogens (tertiary/aromatic N) is 1. The van der Waals surface area contributed by atoms with Gasteiger partial charge in [-0.05, 0) is 25.1 Å². The van der Waals surface area contributed by atoms with Crippen LogP contribution in [0.25, 0.3) is 0 Å². The lowest BCUT2D eigenvalue weighted by atomic mass is 10.1. The molecule has 9 heteroatoms. The number of nitrogens with two attached hydrogens (primary N) is 1. The first-order valence-corrected chi connectivity index (χ1v) is 10.1. The molecule has 0 aliphatic heterocycles. The molecule has 1 atom stereocenters. The number of hydrogen-bond donors (Lipinski definition) is 3. The van der Waals surface area contributed by atoms with Crippen LogP contribution in [0.2, 0.25) is 0 Å². The number of carbonyl (C=O) groups is 1. The number of benzene rings is 1. The molecule has 1 unspecified atom stereocenters. The molecular weight excluding hydrogens is 348 g/mol. The Morgan fingerprint density at radius 2 is 2.08 bits per heavy atom. The van der Waals surface area contributed by atoms with Gasteiger partial charge >= 0.3 is 0 Å². The third kappa shape index (κ3) is 5.02. The minimum atomic E-state index is -3.40. The Balaban J connectivity index is 2.14. The number of anilines is 1. The highest BCUT2D eigenvalue weighted by atomic mass is 32.2. The van der Waals surface area contributed by atoms with Gasteiger partial charge < -0.3 is 11.1 Å². The molecule has 1 aromatic carbocycles. The van der Waals surface area contributed by atoms with Crippen molar-refractivity contribution < 1.29 is 13.2 Å². The fourth-order valence-electron chi connectivity index (χ4n) is 2.17. The first kappa shape index (κ1) is 18.4. The summed E-state index contributed by atoms with van der Waals surface area (Å²) in [6.07, 6.45) is 1.72. The Morgan fingerprint density at radius 1 is 1.38 bits per heavy atom. The highest BCUT2D eigenvalue weighted by Gasteiger charge is 2.17. The molecule has 1 heterocycles. The van der Waals surface area contributed by atoms with E-state index in [4.69, 9.17) is 5.73 Å². The van der Waals surface area contributed by atoms with Crippen molar-refractivity contribution in [2.45, 2.75) is 19.4 Å². The van der Waals surface area contributed by atoms with E-state index in [0.29, 0.717) is 29.9 Å². The minimum Gasteiger partial charge on any atom is -0.344 e. The van der Waals surface area contributed by atoms with Crippen LogP contribution in [0.4, 0.5) is 5.69 Å². The van der Waals surface area contributed by atoms with Gasteiger partial charge in [-0.15, -0.1) is 11.3 Å². The number of nitrogens with one attached hydrogen (secondary N) is 2. The molecule has 0 aliphatic rings. The highest BCUT2D eigenvalue weighted by molar-refractivity contribution is 7.92. The van der Waals surface area contributed by atoms with E-state index in [1.165, 1.54) is 11.3 Å². The second kappa shape index (κ2) is 7.73. The Labute approximate surface area is 145 Å². The summed E-state index contributed by atoms with van der Waals surface area (Å²) < 4.78 is 25.4. The average Bonchev–Trinajstić information content (AvgIpc) is 2.95. The van der Waals surface area contributed by atoms with E-state index in [2.05, 4.69) is 15.0 Å². The quantitative estimate of drug-likeness (QED) is 0.685. The summed E-state index contributed by atoms with van der Waals surface area (Å²) in [5, 5.41) is 5.34. The van der Waals surface area contributed by atoms with Gasteiger partial charge in [-0.2, -0.15) is 0 Å².